The molecule has 0 amide bonds. The molecular weight excluding hydrogens is 331 g/mol. The number of sulfonamides is 1. The molecule has 24 heavy (non-hydrogen) atoms. The Bertz CT molecular complexity index is 818. The highest BCUT2D eigenvalue weighted by Crippen LogP contribution is 2.21. The number of aromatic nitrogens is 2. The van der Waals surface area contributed by atoms with Crippen LogP contribution < -0.4 is 9.62 Å². The van der Waals surface area contributed by atoms with E-state index in [1.807, 2.05) is 0 Å². The van der Waals surface area contributed by atoms with E-state index in [0.29, 0.717) is 5.56 Å². The second-order valence-electron chi connectivity index (χ2n) is 5.84. The lowest BCUT2D eigenvalue weighted by Crippen LogP contribution is -2.30. The Hall–Kier alpha value is -2.22. The topological polar surface area (TPSA) is 75.2 Å². The number of hydrogen-bond donors (Lipinski definition) is 1. The van der Waals surface area contributed by atoms with E-state index in [1.165, 1.54) is 18.6 Å². The van der Waals surface area contributed by atoms with Gasteiger partial charge in [0.2, 0.25) is 0 Å². The van der Waals surface area contributed by atoms with Crippen molar-refractivity contribution >= 4 is 21.7 Å². The van der Waals surface area contributed by atoms with Crippen molar-refractivity contribution in [3.05, 3.63) is 41.7 Å². The van der Waals surface area contributed by atoms with Crippen LogP contribution in [0.25, 0.3) is 0 Å². The van der Waals surface area contributed by atoms with E-state index in [9.17, 15) is 12.8 Å². The molecule has 1 aromatic carbocycles. The lowest BCUT2D eigenvalue weighted by Gasteiger charge is -2.27. The Labute approximate surface area is 140 Å². The van der Waals surface area contributed by atoms with Crippen LogP contribution in [0.1, 0.15) is 24.8 Å². The van der Waals surface area contributed by atoms with Crippen LogP contribution in [-0.4, -0.2) is 31.7 Å². The van der Waals surface area contributed by atoms with Crippen LogP contribution in [0.3, 0.4) is 0 Å². The summed E-state index contributed by atoms with van der Waals surface area (Å²) in [5.41, 5.74) is 0.334. The normalized spacial score (nSPS) is 15.3. The van der Waals surface area contributed by atoms with E-state index in [1.54, 1.807) is 19.1 Å². The minimum Gasteiger partial charge on any atom is -0.355 e. The van der Waals surface area contributed by atoms with E-state index in [2.05, 4.69) is 19.8 Å². The van der Waals surface area contributed by atoms with Gasteiger partial charge in [0, 0.05) is 13.1 Å². The number of piperidine rings is 1. The van der Waals surface area contributed by atoms with E-state index in [-0.39, 0.29) is 10.7 Å². The van der Waals surface area contributed by atoms with Gasteiger partial charge in [-0.15, -0.1) is 10.2 Å². The first-order valence-corrected chi connectivity index (χ1v) is 9.32. The number of nitrogens with one attached hydrogen (secondary N) is 1. The molecule has 0 saturated carbocycles. The van der Waals surface area contributed by atoms with Gasteiger partial charge in [-0.05, 0) is 62.1 Å². The molecule has 0 atom stereocenters. The average molecular weight is 350 g/mol. The van der Waals surface area contributed by atoms with Crippen molar-refractivity contribution in [3.8, 4) is 0 Å². The summed E-state index contributed by atoms with van der Waals surface area (Å²) in [6.45, 7) is 3.42. The minimum absolute atomic E-state index is 0.0193. The molecule has 128 valence electrons. The standard InChI is InChI=1S/C16H19FN4O2S/c1-12-11-13(17)5-6-14(12)24(22,23)20-15-7-8-16(19-18-15)21-9-3-2-4-10-21/h5-8,11H,2-4,9-10H2,1H3,(H,18,20). The maximum absolute atomic E-state index is 13.1. The van der Waals surface area contributed by atoms with Gasteiger partial charge in [0.15, 0.2) is 11.6 Å². The molecule has 0 spiro atoms. The Balaban J connectivity index is 1.77. The van der Waals surface area contributed by atoms with Gasteiger partial charge in [-0.1, -0.05) is 0 Å². The molecule has 1 N–H and O–H groups in total. The number of nitrogens with zero attached hydrogens (tertiary/aromatic N) is 3. The summed E-state index contributed by atoms with van der Waals surface area (Å²) in [5, 5.41) is 8.06. The molecule has 2 aromatic rings. The van der Waals surface area contributed by atoms with Gasteiger partial charge < -0.3 is 4.90 Å². The summed E-state index contributed by atoms with van der Waals surface area (Å²) in [6, 6.07) is 6.88. The van der Waals surface area contributed by atoms with E-state index in [4.69, 9.17) is 0 Å². The van der Waals surface area contributed by atoms with E-state index in [0.717, 1.165) is 37.8 Å². The van der Waals surface area contributed by atoms with Gasteiger partial charge >= 0.3 is 0 Å². The monoisotopic (exact) mass is 350 g/mol. The Morgan fingerprint density at radius 2 is 1.83 bits per heavy atom. The minimum atomic E-state index is -3.83. The number of hydrogen-bond acceptors (Lipinski definition) is 5. The summed E-state index contributed by atoms with van der Waals surface area (Å²) < 4.78 is 40.3. The molecule has 8 heteroatoms. The van der Waals surface area contributed by atoms with Gasteiger partial charge in [0.1, 0.15) is 5.82 Å². The zero-order valence-electron chi connectivity index (χ0n) is 13.4. The van der Waals surface area contributed by atoms with Gasteiger partial charge in [0.25, 0.3) is 10.0 Å². The van der Waals surface area contributed by atoms with Crippen LogP contribution in [0.5, 0.6) is 0 Å². The molecule has 1 fully saturated rings. The molecule has 1 saturated heterocycles. The second kappa shape index (κ2) is 6.72. The highest BCUT2D eigenvalue weighted by molar-refractivity contribution is 7.92. The Kier molecular flexibility index (Phi) is 4.66. The molecule has 6 nitrogen and oxygen atoms in total. The van der Waals surface area contributed by atoms with Crippen molar-refractivity contribution in [2.24, 2.45) is 0 Å². The molecule has 2 heterocycles. The largest absolute Gasteiger partial charge is 0.355 e. The number of halogens is 1. The first-order valence-electron chi connectivity index (χ1n) is 7.83. The van der Waals surface area contributed by atoms with Crippen molar-refractivity contribution in [1.82, 2.24) is 10.2 Å². The lowest BCUT2D eigenvalue weighted by atomic mass is 10.1. The molecule has 1 aliphatic heterocycles. The predicted molar refractivity (Wildman–Crippen MR) is 90.0 cm³/mol. The fourth-order valence-corrected chi connectivity index (χ4v) is 4.00. The van der Waals surface area contributed by atoms with Crippen LogP contribution in [0.2, 0.25) is 0 Å². The molecule has 0 bridgehead atoms. The van der Waals surface area contributed by atoms with Crippen LogP contribution >= 0.6 is 0 Å². The van der Waals surface area contributed by atoms with Crippen molar-refractivity contribution in [3.63, 3.8) is 0 Å². The average Bonchev–Trinajstić information content (AvgIpc) is 2.55. The predicted octanol–water partition coefficient (Wildman–Crippen LogP) is 2.72. The SMILES string of the molecule is Cc1cc(F)ccc1S(=O)(=O)Nc1ccc(N2CCCCC2)nn1. The molecule has 1 aliphatic rings. The Morgan fingerprint density at radius 3 is 2.46 bits per heavy atom. The molecular formula is C16H19FN4O2S. The maximum atomic E-state index is 13.1. The van der Waals surface area contributed by atoms with E-state index < -0.39 is 15.8 Å². The molecule has 0 aliphatic carbocycles. The summed E-state index contributed by atoms with van der Waals surface area (Å²) in [6.07, 6.45) is 3.47. The van der Waals surface area contributed by atoms with Crippen LogP contribution in [-0.2, 0) is 10.0 Å². The first kappa shape index (κ1) is 16.6. The third kappa shape index (κ3) is 3.64. The second-order valence-corrected chi connectivity index (χ2v) is 7.49. The quantitative estimate of drug-likeness (QED) is 0.918. The summed E-state index contributed by atoms with van der Waals surface area (Å²) >= 11 is 0. The van der Waals surface area contributed by atoms with Crippen molar-refractivity contribution in [1.29, 1.82) is 0 Å². The Morgan fingerprint density at radius 1 is 1.08 bits per heavy atom. The van der Waals surface area contributed by atoms with Gasteiger partial charge in [-0.3, -0.25) is 4.72 Å². The van der Waals surface area contributed by atoms with Crippen LogP contribution in [0.15, 0.2) is 35.2 Å². The smallest absolute Gasteiger partial charge is 0.263 e. The van der Waals surface area contributed by atoms with Crippen molar-refractivity contribution in [2.45, 2.75) is 31.1 Å². The first-order chi connectivity index (χ1) is 11.5. The zero-order valence-corrected chi connectivity index (χ0v) is 14.2. The highest BCUT2D eigenvalue weighted by atomic mass is 32.2. The number of benzene rings is 1. The van der Waals surface area contributed by atoms with Crippen molar-refractivity contribution < 1.29 is 12.8 Å². The number of rotatable bonds is 4. The summed E-state index contributed by atoms with van der Waals surface area (Å²) in [4.78, 5) is 2.16. The third-order valence-corrected chi connectivity index (χ3v) is 5.51. The summed E-state index contributed by atoms with van der Waals surface area (Å²) in [7, 11) is -3.83. The lowest BCUT2D eigenvalue weighted by molar-refractivity contribution is 0.571. The van der Waals surface area contributed by atoms with Crippen LogP contribution in [0, 0.1) is 12.7 Å². The highest BCUT2D eigenvalue weighted by Gasteiger charge is 2.19. The molecule has 0 radical (unpaired) electrons. The van der Waals surface area contributed by atoms with Crippen molar-refractivity contribution in [2.75, 3.05) is 22.7 Å². The maximum Gasteiger partial charge on any atom is 0.263 e. The molecule has 3 rings (SSSR count). The molecule has 0 unspecified atom stereocenters. The summed E-state index contributed by atoms with van der Waals surface area (Å²) in [5.74, 6) is 0.409. The number of aryl methyl sites for hydroxylation is 1. The fraction of sp³-hybridized carbons (Fsp3) is 0.375. The zero-order chi connectivity index (χ0) is 17.2. The van der Waals surface area contributed by atoms with Crippen LogP contribution in [0.4, 0.5) is 16.0 Å². The molecule has 1 aromatic heterocycles. The van der Waals surface area contributed by atoms with Gasteiger partial charge in [-0.25, -0.2) is 12.8 Å². The third-order valence-electron chi connectivity index (χ3n) is 4.00. The van der Waals surface area contributed by atoms with Gasteiger partial charge in [0.05, 0.1) is 4.90 Å². The number of anilines is 2. The van der Waals surface area contributed by atoms with E-state index >= 15 is 0 Å². The fourth-order valence-electron chi connectivity index (χ4n) is 2.78. The van der Waals surface area contributed by atoms with Gasteiger partial charge in [-0.2, -0.15) is 0 Å².